The number of carbonyl (C=O) groups excluding carboxylic acids is 3. The standard InChI is InChI=1S/C23H30N2O5/c1-3-30-21(27)19(13-12-16-8-5-4-6-9-16)24-15(2)20(26)25-18-11-7-10-17(18)14-23(25,29)22(24)28/h4-6,8-9,15,17-19,29H,3,7,10-14H2,1-2H3. The number of rotatable bonds is 6. The Morgan fingerprint density at radius 3 is 2.70 bits per heavy atom. The third kappa shape index (κ3) is 3.29. The van der Waals surface area contributed by atoms with E-state index in [0.29, 0.717) is 12.8 Å². The summed E-state index contributed by atoms with van der Waals surface area (Å²) in [5.41, 5.74) is -0.817. The quantitative estimate of drug-likeness (QED) is 0.718. The number of amides is 2. The number of esters is 1. The van der Waals surface area contributed by atoms with Gasteiger partial charge in [-0.05, 0) is 51.0 Å². The van der Waals surface area contributed by atoms with E-state index in [9.17, 15) is 19.5 Å². The van der Waals surface area contributed by atoms with Crippen molar-refractivity contribution in [1.29, 1.82) is 0 Å². The normalized spacial score (nSPS) is 31.5. The first-order valence-corrected chi connectivity index (χ1v) is 11.0. The Balaban J connectivity index is 1.63. The Morgan fingerprint density at radius 1 is 1.27 bits per heavy atom. The Morgan fingerprint density at radius 2 is 2.00 bits per heavy atom. The lowest BCUT2D eigenvalue weighted by molar-refractivity contribution is -0.200. The number of fused-ring (bicyclic) bond motifs is 3. The van der Waals surface area contributed by atoms with E-state index < -0.39 is 29.7 Å². The van der Waals surface area contributed by atoms with E-state index in [2.05, 4.69) is 0 Å². The first-order chi connectivity index (χ1) is 14.4. The third-order valence-corrected chi connectivity index (χ3v) is 6.93. The SMILES string of the molecule is CCOC(=O)C(CCc1ccccc1)N1C(=O)C2(O)CC3CCCC3N2C(=O)C1C. The van der Waals surface area contributed by atoms with Crippen molar-refractivity contribution in [2.24, 2.45) is 5.92 Å². The molecule has 7 nitrogen and oxygen atoms in total. The van der Waals surface area contributed by atoms with Crippen molar-refractivity contribution in [2.75, 3.05) is 6.61 Å². The molecule has 0 aromatic heterocycles. The summed E-state index contributed by atoms with van der Waals surface area (Å²) >= 11 is 0. The van der Waals surface area contributed by atoms with Gasteiger partial charge in [0, 0.05) is 12.5 Å². The largest absolute Gasteiger partial charge is 0.464 e. The predicted molar refractivity (Wildman–Crippen MR) is 109 cm³/mol. The molecule has 0 bridgehead atoms. The van der Waals surface area contributed by atoms with Crippen LogP contribution in [0.25, 0.3) is 0 Å². The van der Waals surface area contributed by atoms with Crippen molar-refractivity contribution in [3.63, 3.8) is 0 Å². The molecule has 2 aliphatic heterocycles. The van der Waals surface area contributed by atoms with Gasteiger partial charge in [0.05, 0.1) is 6.61 Å². The molecule has 0 spiro atoms. The van der Waals surface area contributed by atoms with Crippen LogP contribution in [0.3, 0.4) is 0 Å². The molecule has 2 saturated heterocycles. The average Bonchev–Trinajstić information content (AvgIpc) is 3.28. The van der Waals surface area contributed by atoms with Crippen LogP contribution >= 0.6 is 0 Å². The topological polar surface area (TPSA) is 87.2 Å². The fourth-order valence-corrected chi connectivity index (χ4v) is 5.54. The highest BCUT2D eigenvalue weighted by Gasteiger charge is 2.64. The molecule has 1 aromatic carbocycles. The molecule has 5 unspecified atom stereocenters. The first kappa shape index (κ1) is 20.8. The number of nitrogens with zero attached hydrogens (tertiary/aromatic N) is 2. The molecule has 162 valence electrons. The zero-order chi connectivity index (χ0) is 21.5. The predicted octanol–water partition coefficient (Wildman–Crippen LogP) is 1.87. The van der Waals surface area contributed by atoms with Gasteiger partial charge in [-0.25, -0.2) is 4.79 Å². The van der Waals surface area contributed by atoms with Crippen LogP contribution in [0.15, 0.2) is 30.3 Å². The minimum absolute atomic E-state index is 0.0820. The van der Waals surface area contributed by atoms with E-state index in [1.165, 1.54) is 9.80 Å². The number of hydrogen-bond acceptors (Lipinski definition) is 5. The summed E-state index contributed by atoms with van der Waals surface area (Å²) in [5, 5.41) is 11.4. The summed E-state index contributed by atoms with van der Waals surface area (Å²) in [5.74, 6) is -1.22. The van der Waals surface area contributed by atoms with E-state index in [1.54, 1.807) is 13.8 Å². The van der Waals surface area contributed by atoms with Gasteiger partial charge >= 0.3 is 5.97 Å². The molecule has 1 aromatic rings. The summed E-state index contributed by atoms with van der Waals surface area (Å²) < 4.78 is 5.26. The molecule has 7 heteroatoms. The number of aryl methyl sites for hydroxylation is 1. The van der Waals surface area contributed by atoms with E-state index >= 15 is 0 Å². The lowest BCUT2D eigenvalue weighted by atomic mass is 9.94. The molecule has 1 saturated carbocycles. The molecular weight excluding hydrogens is 384 g/mol. The molecule has 2 amide bonds. The van der Waals surface area contributed by atoms with Crippen LogP contribution < -0.4 is 0 Å². The Labute approximate surface area is 177 Å². The monoisotopic (exact) mass is 414 g/mol. The molecule has 1 N–H and O–H groups in total. The van der Waals surface area contributed by atoms with Crippen LogP contribution in [-0.4, -0.2) is 63.1 Å². The van der Waals surface area contributed by atoms with Gasteiger partial charge in [-0.1, -0.05) is 36.8 Å². The maximum Gasteiger partial charge on any atom is 0.328 e. The molecule has 30 heavy (non-hydrogen) atoms. The zero-order valence-electron chi connectivity index (χ0n) is 17.6. The minimum atomic E-state index is -1.85. The fourth-order valence-electron chi connectivity index (χ4n) is 5.54. The summed E-state index contributed by atoms with van der Waals surface area (Å²) in [6, 6.07) is 7.87. The number of carbonyl (C=O) groups is 3. The molecular formula is C23H30N2O5. The second kappa shape index (κ2) is 8.02. The van der Waals surface area contributed by atoms with Gasteiger partial charge in [0.2, 0.25) is 11.6 Å². The van der Waals surface area contributed by atoms with Crippen molar-refractivity contribution in [3.8, 4) is 0 Å². The highest BCUT2D eigenvalue weighted by atomic mass is 16.5. The molecule has 5 atom stereocenters. The lowest BCUT2D eigenvalue weighted by Crippen LogP contribution is -2.72. The number of hydrogen-bond donors (Lipinski definition) is 1. The fraction of sp³-hybridized carbons (Fsp3) is 0.609. The molecule has 4 rings (SSSR count). The van der Waals surface area contributed by atoms with Crippen molar-refractivity contribution in [1.82, 2.24) is 9.80 Å². The molecule has 3 aliphatic rings. The number of piperazine rings is 1. The maximum atomic E-state index is 13.6. The van der Waals surface area contributed by atoms with Gasteiger partial charge in [0.15, 0.2) is 0 Å². The van der Waals surface area contributed by atoms with E-state index in [1.807, 2.05) is 30.3 Å². The van der Waals surface area contributed by atoms with E-state index in [4.69, 9.17) is 4.74 Å². The van der Waals surface area contributed by atoms with E-state index in [-0.39, 0.29) is 30.9 Å². The van der Waals surface area contributed by atoms with Crippen LogP contribution in [-0.2, 0) is 25.5 Å². The van der Waals surface area contributed by atoms with Gasteiger partial charge in [-0.3, -0.25) is 9.59 Å². The van der Waals surface area contributed by atoms with Crippen molar-refractivity contribution in [2.45, 2.75) is 76.2 Å². The minimum Gasteiger partial charge on any atom is -0.464 e. The third-order valence-electron chi connectivity index (χ3n) is 6.93. The Bertz CT molecular complexity index is 828. The second-order valence-corrected chi connectivity index (χ2v) is 8.67. The number of benzene rings is 1. The average molecular weight is 415 g/mol. The van der Waals surface area contributed by atoms with E-state index in [0.717, 1.165) is 24.8 Å². The summed E-state index contributed by atoms with van der Waals surface area (Å²) in [7, 11) is 0. The second-order valence-electron chi connectivity index (χ2n) is 8.67. The van der Waals surface area contributed by atoms with Crippen LogP contribution in [0.1, 0.15) is 51.5 Å². The number of aliphatic hydroxyl groups is 1. The van der Waals surface area contributed by atoms with Crippen LogP contribution in [0, 0.1) is 5.92 Å². The summed E-state index contributed by atoms with van der Waals surface area (Å²) in [4.78, 5) is 42.4. The van der Waals surface area contributed by atoms with Crippen LogP contribution in [0.5, 0.6) is 0 Å². The highest BCUT2D eigenvalue weighted by Crippen LogP contribution is 2.48. The van der Waals surface area contributed by atoms with Gasteiger partial charge in [0.25, 0.3) is 5.91 Å². The zero-order valence-corrected chi connectivity index (χ0v) is 17.6. The molecule has 1 aliphatic carbocycles. The Hall–Kier alpha value is -2.41. The van der Waals surface area contributed by atoms with Gasteiger partial charge < -0.3 is 19.6 Å². The van der Waals surface area contributed by atoms with Crippen molar-refractivity contribution in [3.05, 3.63) is 35.9 Å². The number of ether oxygens (including phenoxy) is 1. The summed E-state index contributed by atoms with van der Waals surface area (Å²) in [6.07, 6.45) is 3.86. The van der Waals surface area contributed by atoms with Crippen molar-refractivity contribution >= 4 is 17.8 Å². The first-order valence-electron chi connectivity index (χ1n) is 11.0. The highest BCUT2D eigenvalue weighted by molar-refractivity contribution is 6.01. The molecule has 3 fully saturated rings. The smallest absolute Gasteiger partial charge is 0.328 e. The van der Waals surface area contributed by atoms with Gasteiger partial charge in [0.1, 0.15) is 12.1 Å². The van der Waals surface area contributed by atoms with Gasteiger partial charge in [-0.15, -0.1) is 0 Å². The maximum absolute atomic E-state index is 13.6. The lowest BCUT2D eigenvalue weighted by Gasteiger charge is -2.49. The van der Waals surface area contributed by atoms with Crippen molar-refractivity contribution < 1.29 is 24.2 Å². The van der Waals surface area contributed by atoms with Crippen LogP contribution in [0.2, 0.25) is 0 Å². The van der Waals surface area contributed by atoms with Crippen LogP contribution in [0.4, 0.5) is 0 Å². The molecule has 2 heterocycles. The molecule has 0 radical (unpaired) electrons. The van der Waals surface area contributed by atoms with Gasteiger partial charge in [-0.2, -0.15) is 0 Å². The summed E-state index contributed by atoms with van der Waals surface area (Å²) in [6.45, 7) is 3.55. The Kier molecular flexibility index (Phi) is 5.57.